The first-order valence-corrected chi connectivity index (χ1v) is 14.8. The van der Waals surface area contributed by atoms with Crippen LogP contribution in [0, 0.1) is 0 Å². The molecule has 36 heavy (non-hydrogen) atoms. The molecule has 1 nitrogen and oxygen atoms in total. The van der Waals surface area contributed by atoms with Crippen molar-refractivity contribution >= 4 is 48.6 Å². The summed E-state index contributed by atoms with van der Waals surface area (Å²) in [6.45, 7) is 0. The molecule has 0 saturated carbocycles. The number of hydrogen-bond donors (Lipinski definition) is 0. The number of hydrogen-bond acceptors (Lipinski definition) is 1. The van der Waals surface area contributed by atoms with E-state index in [1.165, 1.54) is 59.5 Å². The van der Waals surface area contributed by atoms with Crippen molar-refractivity contribution in [3.63, 3.8) is 0 Å². The molecule has 2 heteroatoms. The molecule has 0 amide bonds. The van der Waals surface area contributed by atoms with Crippen molar-refractivity contribution in [1.29, 1.82) is 0 Å². The molecular weight excluding hydrogens is 454 g/mol. The van der Waals surface area contributed by atoms with Crippen LogP contribution in [0.25, 0.3) is 32.7 Å². The van der Waals surface area contributed by atoms with E-state index in [0.29, 0.717) is 0 Å². The Balaban J connectivity index is 1.49. The third-order valence-electron chi connectivity index (χ3n) is 7.50. The Morgan fingerprint density at radius 2 is 1.14 bits per heavy atom. The van der Waals surface area contributed by atoms with Crippen molar-refractivity contribution in [2.45, 2.75) is 9.79 Å². The van der Waals surface area contributed by atoms with Crippen molar-refractivity contribution in [1.82, 2.24) is 0 Å². The number of rotatable bonds is 2. The van der Waals surface area contributed by atoms with Crippen molar-refractivity contribution in [3.8, 4) is 11.1 Å². The number of benzene rings is 6. The standard InChI is InChI=1S/C34H27NS/c1-36(2)33-15-9-8-14-31(33)35(32-21-19-27(22-34(32)36)24-10-4-3-5-11-24)28-20-18-26-17-16-25-12-6-7-13-29(25)30(26)23-28/h3-23H,1-2H3. The molecule has 0 unspecified atom stereocenters. The Labute approximate surface area is 214 Å². The highest BCUT2D eigenvalue weighted by Crippen LogP contribution is 2.67. The molecule has 0 spiro atoms. The third-order valence-corrected chi connectivity index (χ3v) is 10.4. The second-order valence-electron chi connectivity index (χ2n) is 9.87. The van der Waals surface area contributed by atoms with Crippen LogP contribution in [0.1, 0.15) is 0 Å². The van der Waals surface area contributed by atoms with Crippen molar-refractivity contribution in [2.75, 3.05) is 17.4 Å². The van der Waals surface area contributed by atoms with Crippen molar-refractivity contribution in [2.24, 2.45) is 0 Å². The van der Waals surface area contributed by atoms with Gasteiger partial charge in [0.15, 0.2) is 0 Å². The highest BCUT2D eigenvalue weighted by molar-refractivity contribution is 8.33. The van der Waals surface area contributed by atoms with Crippen LogP contribution in [0.4, 0.5) is 17.1 Å². The minimum atomic E-state index is -1.19. The maximum Gasteiger partial charge on any atom is 0.0586 e. The predicted molar refractivity (Wildman–Crippen MR) is 158 cm³/mol. The summed E-state index contributed by atoms with van der Waals surface area (Å²) in [6, 6.07) is 46.8. The number of anilines is 3. The second kappa shape index (κ2) is 8.01. The van der Waals surface area contributed by atoms with E-state index in [2.05, 4.69) is 145 Å². The van der Waals surface area contributed by atoms with Crippen LogP contribution in [-0.2, 0) is 0 Å². The van der Waals surface area contributed by atoms with Gasteiger partial charge in [-0.3, -0.25) is 0 Å². The largest absolute Gasteiger partial charge is 0.308 e. The lowest BCUT2D eigenvalue weighted by Crippen LogP contribution is -2.20. The summed E-state index contributed by atoms with van der Waals surface area (Å²) in [6.07, 6.45) is 4.87. The molecular formula is C34H27NS. The second-order valence-corrected chi connectivity index (χ2v) is 13.4. The lowest BCUT2D eigenvalue weighted by Gasteiger charge is -2.45. The van der Waals surface area contributed by atoms with Crippen LogP contribution in [0.5, 0.6) is 0 Å². The smallest absolute Gasteiger partial charge is 0.0586 e. The molecule has 0 aromatic heterocycles. The lowest BCUT2D eigenvalue weighted by molar-refractivity contribution is 1.15. The van der Waals surface area contributed by atoms with Gasteiger partial charge in [0.2, 0.25) is 0 Å². The van der Waals surface area contributed by atoms with E-state index in [4.69, 9.17) is 0 Å². The Hall–Kier alpha value is -4.01. The third kappa shape index (κ3) is 3.18. The molecule has 0 bridgehead atoms. The molecule has 174 valence electrons. The van der Waals surface area contributed by atoms with E-state index in [1.54, 1.807) is 0 Å². The van der Waals surface area contributed by atoms with Gasteiger partial charge >= 0.3 is 0 Å². The lowest BCUT2D eigenvalue weighted by atomic mass is 10.0. The maximum atomic E-state index is 2.47. The van der Waals surface area contributed by atoms with Crippen LogP contribution in [0.2, 0.25) is 0 Å². The Bertz CT molecular complexity index is 1770. The summed E-state index contributed by atoms with van der Waals surface area (Å²) < 4.78 is 0. The van der Waals surface area contributed by atoms with Gasteiger partial charge in [-0.25, -0.2) is 0 Å². The zero-order valence-electron chi connectivity index (χ0n) is 20.5. The van der Waals surface area contributed by atoms with Crippen molar-refractivity contribution in [3.05, 3.63) is 127 Å². The van der Waals surface area contributed by atoms with Gasteiger partial charge in [0.1, 0.15) is 0 Å². The van der Waals surface area contributed by atoms with Crippen LogP contribution in [-0.4, -0.2) is 12.5 Å². The number of fused-ring (bicyclic) bond motifs is 5. The SMILES string of the molecule is CS1(C)c2ccccc2N(c2ccc3ccc4ccccc4c3c2)c2ccc(-c3ccccc3)cc21. The van der Waals surface area contributed by atoms with Gasteiger partial charge in [-0.1, -0.05) is 91.0 Å². The Morgan fingerprint density at radius 3 is 2.00 bits per heavy atom. The molecule has 0 radical (unpaired) electrons. The van der Waals surface area contributed by atoms with Gasteiger partial charge in [-0.15, -0.1) is 0 Å². The molecule has 1 aliphatic rings. The summed E-state index contributed by atoms with van der Waals surface area (Å²) in [4.78, 5) is 5.33. The van der Waals surface area contributed by atoms with Gasteiger partial charge in [0, 0.05) is 15.5 Å². The Kier molecular flexibility index (Phi) is 4.74. The normalized spacial score (nSPS) is 14.9. The summed E-state index contributed by atoms with van der Waals surface area (Å²) in [5.41, 5.74) is 6.32. The van der Waals surface area contributed by atoms with Crippen molar-refractivity contribution < 1.29 is 0 Å². The van der Waals surface area contributed by atoms with E-state index in [-0.39, 0.29) is 0 Å². The first kappa shape index (κ1) is 21.3. The average molecular weight is 482 g/mol. The average Bonchev–Trinajstić information content (AvgIpc) is 2.93. The molecule has 0 saturated heterocycles. The van der Waals surface area contributed by atoms with E-state index in [1.807, 2.05) is 0 Å². The monoisotopic (exact) mass is 481 g/mol. The predicted octanol–water partition coefficient (Wildman–Crippen LogP) is 9.93. The highest BCUT2D eigenvalue weighted by atomic mass is 32.3. The molecule has 1 heterocycles. The molecule has 0 aliphatic carbocycles. The molecule has 0 atom stereocenters. The van der Waals surface area contributed by atoms with E-state index in [9.17, 15) is 0 Å². The fourth-order valence-electron chi connectivity index (χ4n) is 5.65. The molecule has 0 N–H and O–H groups in total. The topological polar surface area (TPSA) is 3.24 Å². The van der Waals surface area contributed by atoms with E-state index in [0.717, 1.165) is 0 Å². The summed E-state index contributed by atoms with van der Waals surface area (Å²) >= 11 is 0. The van der Waals surface area contributed by atoms with Gasteiger partial charge in [0.05, 0.1) is 11.4 Å². The van der Waals surface area contributed by atoms with Gasteiger partial charge in [-0.2, -0.15) is 10.0 Å². The maximum absolute atomic E-state index is 2.47. The van der Waals surface area contributed by atoms with E-state index < -0.39 is 10.0 Å². The van der Waals surface area contributed by atoms with Crippen LogP contribution >= 0.6 is 10.0 Å². The van der Waals surface area contributed by atoms with Gasteiger partial charge in [-0.05, 0) is 81.6 Å². The fourth-order valence-corrected chi connectivity index (χ4v) is 8.09. The molecule has 6 aromatic carbocycles. The van der Waals surface area contributed by atoms with Gasteiger partial charge in [0.25, 0.3) is 0 Å². The van der Waals surface area contributed by atoms with Crippen LogP contribution in [0.3, 0.4) is 0 Å². The first-order chi connectivity index (χ1) is 17.6. The molecule has 7 rings (SSSR count). The van der Waals surface area contributed by atoms with Crippen LogP contribution < -0.4 is 4.90 Å². The number of para-hydroxylation sites is 1. The summed E-state index contributed by atoms with van der Waals surface area (Å²) in [5, 5.41) is 5.14. The summed E-state index contributed by atoms with van der Waals surface area (Å²) in [7, 11) is -1.19. The van der Waals surface area contributed by atoms with Crippen LogP contribution in [0.15, 0.2) is 137 Å². The molecule has 6 aromatic rings. The van der Waals surface area contributed by atoms with E-state index >= 15 is 0 Å². The first-order valence-electron chi connectivity index (χ1n) is 12.3. The van der Waals surface area contributed by atoms with Gasteiger partial charge < -0.3 is 4.90 Å². The molecule has 1 aliphatic heterocycles. The molecule has 0 fully saturated rings. The zero-order valence-corrected chi connectivity index (χ0v) is 21.3. The quantitative estimate of drug-likeness (QED) is 0.222. The minimum absolute atomic E-state index is 1.19. The Morgan fingerprint density at radius 1 is 0.472 bits per heavy atom. The minimum Gasteiger partial charge on any atom is -0.308 e. The zero-order chi connectivity index (χ0) is 24.3. The number of nitrogens with zero attached hydrogens (tertiary/aromatic N) is 1. The summed E-state index contributed by atoms with van der Waals surface area (Å²) in [5.74, 6) is 0. The fraction of sp³-hybridized carbons (Fsp3) is 0.0588. The highest BCUT2D eigenvalue weighted by Gasteiger charge is 2.34.